The maximum atomic E-state index is 12.3. The zero-order valence-corrected chi connectivity index (χ0v) is 57.3. The number of hydrogen-bond acceptors (Lipinski definition) is 14. The number of anilines is 8. The summed E-state index contributed by atoms with van der Waals surface area (Å²) in [4.78, 5) is 108. The Labute approximate surface area is 572 Å². The lowest BCUT2D eigenvalue weighted by Gasteiger charge is -2.27. The van der Waals surface area contributed by atoms with Gasteiger partial charge in [0.15, 0.2) is 0 Å². The number of benzene rings is 7. The van der Waals surface area contributed by atoms with Crippen LogP contribution in [0.3, 0.4) is 0 Å². The minimum Gasteiger partial charge on any atom is -0.331 e. The molecule has 0 saturated carbocycles. The number of aryl methyl sites for hydroxylation is 3. The molecule has 0 radical (unpaired) electrons. The molecule has 23 heteroatoms. The van der Waals surface area contributed by atoms with Gasteiger partial charge in [0.1, 0.15) is 0 Å². The molecule has 6 saturated heterocycles. The molecule has 7 unspecified atom stereocenters. The molecule has 7 aromatic rings. The molecule has 0 spiro atoms. The summed E-state index contributed by atoms with van der Waals surface area (Å²) in [5.74, 6) is -0.783. The van der Waals surface area contributed by atoms with Crippen molar-refractivity contribution in [1.82, 2.24) is 32.0 Å². The van der Waals surface area contributed by atoms with Crippen molar-refractivity contribution in [2.45, 2.75) is 87.1 Å². The Kier molecular flexibility index (Phi) is 23.2. The van der Waals surface area contributed by atoms with Crippen LogP contribution in [0.1, 0.15) is 94.7 Å². The monoisotopic (exact) mass is 1330 g/mol. The molecule has 6 fully saturated rings. The van der Waals surface area contributed by atoms with Crippen molar-refractivity contribution in [3.8, 4) is 0 Å². The van der Waals surface area contributed by atoms with Crippen LogP contribution in [0.5, 0.6) is 0 Å². The van der Waals surface area contributed by atoms with Crippen molar-refractivity contribution < 1.29 is 43.2 Å². The number of rotatable bonds is 11. The van der Waals surface area contributed by atoms with Crippen LogP contribution < -0.4 is 67.7 Å². The van der Waals surface area contributed by atoms with E-state index in [1.54, 1.807) is 44.2 Å². The molecule has 98 heavy (non-hydrogen) atoms. The third kappa shape index (κ3) is 17.8. The van der Waals surface area contributed by atoms with Gasteiger partial charge in [-0.3, -0.25) is 95.4 Å². The maximum absolute atomic E-state index is 12.3. The van der Waals surface area contributed by atoms with Crippen molar-refractivity contribution in [3.05, 3.63) is 204 Å². The molecule has 23 nitrogen and oxygen atoms in total. The molecule has 10 amide bonds. The highest BCUT2D eigenvalue weighted by Gasteiger charge is 2.40. The van der Waals surface area contributed by atoms with Crippen LogP contribution >= 0.6 is 0 Å². The fraction of sp³-hybridized carbons (Fsp3) is 0.320. The molecule has 512 valence electrons. The highest BCUT2D eigenvalue weighted by Crippen LogP contribution is 2.37. The minimum absolute atomic E-state index is 0.00465. The molecule has 6 aliphatic heterocycles. The van der Waals surface area contributed by atoms with E-state index in [0.29, 0.717) is 31.9 Å². The van der Waals surface area contributed by atoms with E-state index in [2.05, 4.69) is 107 Å². The number of urea groups is 1. The summed E-state index contributed by atoms with van der Waals surface area (Å²) in [5, 5.41) is 14.7. The molecule has 7 N–H and O–H groups in total. The van der Waals surface area contributed by atoms with Gasteiger partial charge in [-0.2, -0.15) is 0 Å². The second kappa shape index (κ2) is 32.0. The Hall–Kier alpha value is -11.2. The van der Waals surface area contributed by atoms with Crippen LogP contribution in [0.4, 0.5) is 50.3 Å². The zero-order valence-electron chi connectivity index (χ0n) is 57.3. The molecule has 6 heterocycles. The van der Waals surface area contributed by atoms with Gasteiger partial charge in [-0.15, -0.1) is 0 Å². The summed E-state index contributed by atoms with van der Waals surface area (Å²) in [6, 6.07) is 56.6. The van der Waals surface area contributed by atoms with Crippen molar-refractivity contribution in [2.75, 3.05) is 80.9 Å². The Morgan fingerprint density at radius 3 is 1.44 bits per heavy atom. The number of amides is 10. The normalized spacial score (nSPS) is 20.6. The standard InChI is InChI=1S/C18H20N2O.C17H18N2O.C15H17N3O3.C13H18N4O2.C12H15N3O2/c1-3-14-7-5-9-16(11-14)20-12-17(18(21)19-20)15-8-4-6-13(2)10-15;1-12-8-10-15(11-9-12)19-16(13(2)17(20)18-19)14-6-4-3-5-7-14;1-9-6-13(19)18(15(9)21)12-5-3-4-11(7-12)17-8-10(2)14(20)16-17;1-9-8-17(15-12(9)18)11-6-4-10(5-7-11)14-13(19)16(2)3;1-8-7-15(14-12(8)17)11-5-3-10(4-6-11)13-9(2)16/h4-11,17H,3,12H2,1-2H3,(H,19,21);3-11,13,16H,1-2H3,(H,18,20);3-5,7,9-10H,6,8H2,1-2H3,(H,16,20);4-7,9H,8H2,1-3H3,(H,14,19)(H,15,18);3-6,8H,7H2,1-2H3,(H,13,16)(H,14,17). The largest absolute Gasteiger partial charge is 0.331 e. The van der Waals surface area contributed by atoms with Crippen molar-refractivity contribution in [3.63, 3.8) is 0 Å². The molecular weight excluding hydrogens is 1240 g/mol. The maximum Gasteiger partial charge on any atom is 0.321 e. The lowest BCUT2D eigenvalue weighted by Crippen LogP contribution is -2.34. The first-order valence-electron chi connectivity index (χ1n) is 33.0. The molecule has 7 atom stereocenters. The number of nitrogens with zero attached hydrogens (tertiary/aromatic N) is 7. The lowest BCUT2D eigenvalue weighted by molar-refractivity contribution is -0.123. The minimum atomic E-state index is -0.271. The highest BCUT2D eigenvalue weighted by atomic mass is 16.2. The van der Waals surface area contributed by atoms with Crippen molar-refractivity contribution in [2.24, 2.45) is 29.6 Å². The Morgan fingerprint density at radius 1 is 0.459 bits per heavy atom. The molecule has 6 aliphatic rings. The van der Waals surface area contributed by atoms with E-state index in [-0.39, 0.29) is 101 Å². The Bertz CT molecular complexity index is 4020. The lowest BCUT2D eigenvalue weighted by atomic mass is 9.95. The van der Waals surface area contributed by atoms with E-state index in [9.17, 15) is 43.2 Å². The smallest absolute Gasteiger partial charge is 0.321 e. The van der Waals surface area contributed by atoms with Gasteiger partial charge >= 0.3 is 6.03 Å². The third-order valence-electron chi connectivity index (χ3n) is 17.4. The van der Waals surface area contributed by atoms with E-state index in [1.165, 1.54) is 33.4 Å². The van der Waals surface area contributed by atoms with E-state index in [0.717, 1.165) is 57.4 Å². The summed E-state index contributed by atoms with van der Waals surface area (Å²) in [6.07, 6.45) is 1.25. The van der Waals surface area contributed by atoms with Gasteiger partial charge in [0.05, 0.1) is 95.9 Å². The number of nitrogens with one attached hydrogen (secondary N) is 7. The molecule has 7 aromatic carbocycles. The van der Waals surface area contributed by atoms with Crippen LogP contribution in [-0.2, 0) is 44.8 Å². The van der Waals surface area contributed by atoms with Crippen molar-refractivity contribution >= 4 is 98.8 Å². The van der Waals surface area contributed by atoms with E-state index in [4.69, 9.17) is 0 Å². The Balaban J connectivity index is 0.000000144. The average molecular weight is 1330 g/mol. The first-order valence-corrected chi connectivity index (χ1v) is 33.0. The third-order valence-corrected chi connectivity index (χ3v) is 17.4. The van der Waals surface area contributed by atoms with Gasteiger partial charge in [-0.05, 0) is 128 Å². The number of imide groups is 1. The fourth-order valence-corrected chi connectivity index (χ4v) is 11.6. The first-order chi connectivity index (χ1) is 46.8. The first kappa shape index (κ1) is 71.1. The van der Waals surface area contributed by atoms with Crippen LogP contribution in [-0.4, -0.2) is 98.5 Å². The SMILES string of the molecule is CC(=O)Nc1ccc(N2CC(C)C(=O)N2)cc1.CC1CN(c2ccc(NC(=O)N(C)C)cc2)NC1=O.CC1CN(c2cccc(N3C(=O)CC(C)C3=O)c2)NC1=O.CCc1cccc(N2CC(c3cccc(C)c3)C(=O)N2)c1.Cc1ccc(N2NC(=O)C(C)C2c2ccccc2)cc1. The van der Waals surface area contributed by atoms with Gasteiger partial charge in [0.2, 0.25) is 47.3 Å². The molecule has 13 rings (SSSR count). The quantitative estimate of drug-likeness (QED) is 0.0595. The Morgan fingerprint density at radius 2 is 0.939 bits per heavy atom. The summed E-state index contributed by atoms with van der Waals surface area (Å²) in [5.41, 5.74) is 26.9. The fourth-order valence-electron chi connectivity index (χ4n) is 11.6. The van der Waals surface area contributed by atoms with Crippen molar-refractivity contribution in [1.29, 1.82) is 0 Å². The second-order valence-corrected chi connectivity index (χ2v) is 25.7. The topological polar surface area (TPSA) is 261 Å². The van der Waals surface area contributed by atoms with Gasteiger partial charge in [0.25, 0.3) is 0 Å². The van der Waals surface area contributed by atoms with E-state index >= 15 is 0 Å². The van der Waals surface area contributed by atoms with Crippen LogP contribution in [0.15, 0.2) is 176 Å². The summed E-state index contributed by atoms with van der Waals surface area (Å²) in [7, 11) is 3.37. The highest BCUT2D eigenvalue weighted by molar-refractivity contribution is 6.21. The summed E-state index contributed by atoms with van der Waals surface area (Å²) >= 11 is 0. The molecule has 0 bridgehead atoms. The predicted molar refractivity (Wildman–Crippen MR) is 382 cm³/mol. The second-order valence-electron chi connectivity index (χ2n) is 25.7. The van der Waals surface area contributed by atoms with Gasteiger partial charge in [-0.1, -0.05) is 138 Å². The van der Waals surface area contributed by atoms with Gasteiger partial charge in [-0.25, -0.2) is 4.79 Å². The summed E-state index contributed by atoms with van der Waals surface area (Å²) < 4.78 is 0. The average Bonchev–Trinajstić information content (AvgIpc) is 1.65. The van der Waals surface area contributed by atoms with E-state index in [1.807, 2.05) is 157 Å². The van der Waals surface area contributed by atoms with Crippen LogP contribution in [0, 0.1) is 43.4 Å². The van der Waals surface area contributed by atoms with Gasteiger partial charge < -0.3 is 15.5 Å². The zero-order chi connectivity index (χ0) is 70.5. The number of carbonyl (C=O) groups is 9. The predicted octanol–water partition coefficient (Wildman–Crippen LogP) is 9.89. The number of carbonyl (C=O) groups excluding carboxylic acids is 9. The van der Waals surface area contributed by atoms with E-state index < -0.39 is 0 Å². The number of hydrazine groups is 5. The molecular formula is C75H88N14O9. The van der Waals surface area contributed by atoms with Crippen LogP contribution in [0.25, 0.3) is 0 Å². The molecule has 0 aromatic heterocycles. The summed E-state index contributed by atoms with van der Waals surface area (Å²) in [6.45, 7) is 19.6. The van der Waals surface area contributed by atoms with Gasteiger partial charge in [0, 0.05) is 44.7 Å². The van der Waals surface area contributed by atoms with Crippen LogP contribution in [0.2, 0.25) is 0 Å². The molecule has 0 aliphatic carbocycles. The number of hydrogen-bond donors (Lipinski definition) is 7.